The van der Waals surface area contributed by atoms with Crippen molar-refractivity contribution < 1.29 is 4.79 Å². The third kappa shape index (κ3) is 1.94. The molecule has 1 aromatic rings. The average molecular weight is 216 g/mol. The van der Waals surface area contributed by atoms with Crippen molar-refractivity contribution in [2.45, 2.75) is 19.8 Å². The molecule has 0 radical (unpaired) electrons. The SMILES string of the molecule is C=C1CN(c2cccc(C(C)C)c2)NC1=O. The summed E-state index contributed by atoms with van der Waals surface area (Å²) in [7, 11) is 0. The van der Waals surface area contributed by atoms with Crippen LogP contribution in [0.25, 0.3) is 0 Å². The molecule has 0 aliphatic carbocycles. The Morgan fingerprint density at radius 1 is 1.44 bits per heavy atom. The molecular weight excluding hydrogens is 200 g/mol. The largest absolute Gasteiger partial charge is 0.281 e. The molecule has 0 saturated carbocycles. The van der Waals surface area contributed by atoms with E-state index >= 15 is 0 Å². The molecule has 3 nitrogen and oxygen atoms in total. The first-order valence-corrected chi connectivity index (χ1v) is 5.44. The Morgan fingerprint density at radius 3 is 2.75 bits per heavy atom. The van der Waals surface area contributed by atoms with Crippen molar-refractivity contribution in [3.8, 4) is 0 Å². The second-order valence-corrected chi connectivity index (χ2v) is 4.38. The van der Waals surface area contributed by atoms with E-state index in [4.69, 9.17) is 0 Å². The third-order valence-electron chi connectivity index (χ3n) is 2.76. The number of carbonyl (C=O) groups excluding carboxylic acids is 1. The van der Waals surface area contributed by atoms with Crippen LogP contribution in [-0.4, -0.2) is 12.5 Å². The lowest BCUT2D eigenvalue weighted by molar-refractivity contribution is -0.116. The van der Waals surface area contributed by atoms with Crippen molar-refractivity contribution in [3.05, 3.63) is 42.0 Å². The fraction of sp³-hybridized carbons (Fsp3) is 0.308. The summed E-state index contributed by atoms with van der Waals surface area (Å²) in [6, 6.07) is 8.20. The van der Waals surface area contributed by atoms with Gasteiger partial charge < -0.3 is 0 Å². The van der Waals surface area contributed by atoms with Crippen LogP contribution in [0.4, 0.5) is 5.69 Å². The predicted molar refractivity (Wildman–Crippen MR) is 65.2 cm³/mol. The Labute approximate surface area is 95.7 Å². The van der Waals surface area contributed by atoms with Gasteiger partial charge in [0.15, 0.2) is 0 Å². The smallest absolute Gasteiger partial charge is 0.267 e. The van der Waals surface area contributed by atoms with E-state index in [9.17, 15) is 4.79 Å². The summed E-state index contributed by atoms with van der Waals surface area (Å²) in [5.41, 5.74) is 5.67. The zero-order chi connectivity index (χ0) is 11.7. The molecule has 1 N–H and O–H groups in total. The fourth-order valence-electron chi connectivity index (χ4n) is 1.71. The molecule has 0 atom stereocenters. The van der Waals surface area contributed by atoms with Crippen molar-refractivity contribution in [1.82, 2.24) is 5.43 Å². The molecule has 1 fully saturated rings. The molecule has 1 aliphatic heterocycles. The minimum absolute atomic E-state index is 0.0880. The van der Waals surface area contributed by atoms with Gasteiger partial charge in [0.05, 0.1) is 12.2 Å². The van der Waals surface area contributed by atoms with Crippen LogP contribution in [0.1, 0.15) is 25.3 Å². The minimum atomic E-state index is -0.0880. The maximum atomic E-state index is 11.3. The first kappa shape index (κ1) is 10.7. The van der Waals surface area contributed by atoms with Crippen molar-refractivity contribution in [2.24, 2.45) is 0 Å². The Kier molecular flexibility index (Phi) is 2.69. The van der Waals surface area contributed by atoms with Crippen LogP contribution in [0.2, 0.25) is 0 Å². The lowest BCUT2D eigenvalue weighted by Gasteiger charge is -2.18. The summed E-state index contributed by atoms with van der Waals surface area (Å²) in [5, 5.41) is 1.83. The maximum absolute atomic E-state index is 11.3. The summed E-state index contributed by atoms with van der Waals surface area (Å²) in [6.45, 7) is 8.58. The number of carbonyl (C=O) groups is 1. The van der Waals surface area contributed by atoms with E-state index in [1.807, 2.05) is 17.1 Å². The van der Waals surface area contributed by atoms with Gasteiger partial charge in [-0.25, -0.2) is 0 Å². The van der Waals surface area contributed by atoms with Crippen molar-refractivity contribution >= 4 is 11.6 Å². The van der Waals surface area contributed by atoms with E-state index in [1.54, 1.807) is 0 Å². The van der Waals surface area contributed by atoms with Gasteiger partial charge in [-0.1, -0.05) is 32.6 Å². The van der Waals surface area contributed by atoms with Gasteiger partial charge in [-0.3, -0.25) is 15.2 Å². The molecule has 1 heterocycles. The van der Waals surface area contributed by atoms with Crippen LogP contribution in [0.5, 0.6) is 0 Å². The molecule has 1 amide bonds. The van der Waals surface area contributed by atoms with Gasteiger partial charge in [0.1, 0.15) is 0 Å². The molecule has 16 heavy (non-hydrogen) atoms. The molecule has 2 rings (SSSR count). The van der Waals surface area contributed by atoms with Crippen molar-refractivity contribution in [2.75, 3.05) is 11.6 Å². The van der Waals surface area contributed by atoms with Crippen LogP contribution in [0.15, 0.2) is 36.4 Å². The molecule has 1 aromatic carbocycles. The normalized spacial score (nSPS) is 15.8. The monoisotopic (exact) mass is 216 g/mol. The number of benzene rings is 1. The second kappa shape index (κ2) is 4.00. The molecule has 0 unspecified atom stereocenters. The second-order valence-electron chi connectivity index (χ2n) is 4.38. The van der Waals surface area contributed by atoms with Crippen LogP contribution < -0.4 is 10.4 Å². The van der Waals surface area contributed by atoms with E-state index in [0.29, 0.717) is 18.0 Å². The van der Waals surface area contributed by atoms with Gasteiger partial charge in [-0.15, -0.1) is 0 Å². The van der Waals surface area contributed by atoms with E-state index in [-0.39, 0.29) is 5.91 Å². The van der Waals surface area contributed by atoms with E-state index in [0.717, 1.165) is 5.69 Å². The lowest BCUT2D eigenvalue weighted by atomic mass is 10.0. The summed E-state index contributed by atoms with van der Waals surface area (Å²) in [6.07, 6.45) is 0. The fourth-order valence-corrected chi connectivity index (χ4v) is 1.71. The highest BCUT2D eigenvalue weighted by Crippen LogP contribution is 2.22. The minimum Gasteiger partial charge on any atom is -0.281 e. The van der Waals surface area contributed by atoms with Crippen molar-refractivity contribution in [1.29, 1.82) is 0 Å². The van der Waals surface area contributed by atoms with Crippen LogP contribution in [0, 0.1) is 0 Å². The average Bonchev–Trinajstić information content (AvgIpc) is 2.59. The zero-order valence-corrected chi connectivity index (χ0v) is 9.66. The quantitative estimate of drug-likeness (QED) is 0.769. The number of anilines is 1. The summed E-state index contributed by atoms with van der Waals surface area (Å²) < 4.78 is 0. The highest BCUT2D eigenvalue weighted by Gasteiger charge is 2.22. The standard InChI is InChI=1S/C13H16N2O/c1-9(2)11-5-4-6-12(7-11)15-8-10(3)13(16)14-15/h4-7,9H,3,8H2,1-2H3,(H,14,16). The summed E-state index contributed by atoms with van der Waals surface area (Å²) >= 11 is 0. The molecule has 1 saturated heterocycles. The predicted octanol–water partition coefficient (Wildman–Crippen LogP) is 2.22. The first-order chi connectivity index (χ1) is 7.58. The van der Waals surface area contributed by atoms with Crippen LogP contribution >= 0.6 is 0 Å². The van der Waals surface area contributed by atoms with E-state index < -0.39 is 0 Å². The highest BCUT2D eigenvalue weighted by molar-refractivity contribution is 5.97. The summed E-state index contributed by atoms with van der Waals surface area (Å²) in [4.78, 5) is 11.3. The highest BCUT2D eigenvalue weighted by atomic mass is 16.2. The molecule has 0 aromatic heterocycles. The molecular formula is C13H16N2O. The van der Waals surface area contributed by atoms with Gasteiger partial charge >= 0.3 is 0 Å². The topological polar surface area (TPSA) is 32.3 Å². The number of nitrogens with zero attached hydrogens (tertiary/aromatic N) is 1. The maximum Gasteiger partial charge on any atom is 0.267 e. The van der Waals surface area contributed by atoms with Gasteiger partial charge in [-0.2, -0.15) is 0 Å². The van der Waals surface area contributed by atoms with E-state index in [2.05, 4.69) is 38.0 Å². The zero-order valence-electron chi connectivity index (χ0n) is 9.66. The van der Waals surface area contributed by atoms with Crippen LogP contribution in [0.3, 0.4) is 0 Å². The number of rotatable bonds is 2. The molecule has 1 aliphatic rings. The van der Waals surface area contributed by atoms with Crippen LogP contribution in [-0.2, 0) is 4.79 Å². The Balaban J connectivity index is 2.25. The number of nitrogens with one attached hydrogen (secondary N) is 1. The molecule has 3 heteroatoms. The molecule has 0 spiro atoms. The number of hydrogen-bond acceptors (Lipinski definition) is 2. The van der Waals surface area contributed by atoms with Crippen molar-refractivity contribution in [3.63, 3.8) is 0 Å². The van der Waals surface area contributed by atoms with Gasteiger partial charge in [0.25, 0.3) is 5.91 Å². The Bertz CT molecular complexity index is 421. The van der Waals surface area contributed by atoms with Gasteiger partial charge in [0.2, 0.25) is 0 Å². The lowest BCUT2D eigenvalue weighted by Crippen LogP contribution is -2.32. The first-order valence-electron chi connectivity index (χ1n) is 5.44. The molecule has 0 bridgehead atoms. The third-order valence-corrected chi connectivity index (χ3v) is 2.76. The number of amides is 1. The molecule has 84 valence electrons. The van der Waals surface area contributed by atoms with Gasteiger partial charge in [-0.05, 0) is 23.6 Å². The Morgan fingerprint density at radius 2 is 2.19 bits per heavy atom. The number of hydrogen-bond donors (Lipinski definition) is 1. The van der Waals surface area contributed by atoms with E-state index in [1.165, 1.54) is 5.56 Å². The summed E-state index contributed by atoms with van der Waals surface area (Å²) in [5.74, 6) is 0.399. The van der Waals surface area contributed by atoms with Gasteiger partial charge in [0, 0.05) is 5.57 Å². The Hall–Kier alpha value is -1.77. The number of hydrazine groups is 1.